The van der Waals surface area contributed by atoms with Crippen LogP contribution < -0.4 is 75.1 Å². The van der Waals surface area contributed by atoms with Crippen LogP contribution in [0, 0.1) is 0 Å². The number of aliphatic carboxylic acids is 2. The molecular formula is C17H15N5Na2O10S2. The number of aromatic nitrogens is 1. The first-order valence-electron chi connectivity index (χ1n) is 9.11. The molecule has 0 unspecified atom stereocenters. The number of rotatable bonds is 10. The fraction of sp³-hybridized carbons (Fsp3) is 0.353. The number of anilines is 1. The van der Waals surface area contributed by atoms with Gasteiger partial charge in [0.2, 0.25) is 0 Å². The van der Waals surface area contributed by atoms with Crippen molar-refractivity contribution < 1.29 is 108 Å². The molecule has 2 aliphatic rings. The summed E-state index contributed by atoms with van der Waals surface area (Å²) in [5.41, 5.74) is 4.51. The third kappa shape index (κ3) is 7.34. The summed E-state index contributed by atoms with van der Waals surface area (Å²) in [6.45, 7) is -1.50. The van der Waals surface area contributed by atoms with Crippen molar-refractivity contribution in [2.75, 3.05) is 31.8 Å². The first kappa shape index (κ1) is 32.2. The zero-order valence-electron chi connectivity index (χ0n) is 19.2. The molecule has 182 valence electrons. The Bertz CT molecular complexity index is 1130. The van der Waals surface area contributed by atoms with Crippen molar-refractivity contribution in [3.05, 3.63) is 22.5 Å². The van der Waals surface area contributed by atoms with Gasteiger partial charge in [-0.2, -0.15) is 0 Å². The predicted molar refractivity (Wildman–Crippen MR) is 111 cm³/mol. The van der Waals surface area contributed by atoms with Gasteiger partial charge in [0.25, 0.3) is 5.91 Å². The predicted octanol–water partition coefficient (Wildman–Crippen LogP) is -9.27. The number of methoxy groups -OCH3 is 1. The Balaban J connectivity index is 0.00000324. The number of carbonyl (C=O) groups excluding carboxylic acids is 3. The summed E-state index contributed by atoms with van der Waals surface area (Å²) >= 11 is 2.03. The number of fused-ring (bicyclic) bond motifs is 1. The van der Waals surface area contributed by atoms with E-state index in [9.17, 15) is 34.5 Å². The number of carbonyl (C=O) groups is 4. The molecule has 0 aromatic carbocycles. The topological polar surface area (TPSA) is 229 Å². The van der Waals surface area contributed by atoms with Crippen LogP contribution in [0.5, 0.6) is 0 Å². The SMILES string of the molecule is COC(=O)COC1=C(C(=O)O)N2C(=O)[C@@H](N=C([O-])/C(=N/OCC(=O)[O-])c3csc(N)n3)[C@H]2SC1.[Na+].[Na+]. The standard InChI is InChI=1S/C17H17N5O10S2.2Na/c1-30-9(25)3-31-7-5-33-15-11(14(27)22(15)12(7)16(28)29)20-13(26)10(21-32-2-8(23)24)6-4-34-17(18)19-6;;/h4,11,15H,2-3,5H2,1H3,(H2,18,19)(H,20,26)(H,23,24)(H,28,29);;/q;2*+1/p-2/b21-10+;;/t11-,15-;;/m1../s1. The molecule has 2 aliphatic heterocycles. The Morgan fingerprint density at radius 3 is 2.56 bits per heavy atom. The summed E-state index contributed by atoms with van der Waals surface area (Å²) < 4.78 is 9.63. The van der Waals surface area contributed by atoms with Gasteiger partial charge in [-0.25, -0.2) is 14.6 Å². The fourth-order valence-corrected chi connectivity index (χ4v) is 4.61. The molecule has 0 spiro atoms. The average molecular weight is 559 g/mol. The average Bonchev–Trinajstić information content (AvgIpc) is 3.23. The van der Waals surface area contributed by atoms with Crippen molar-refractivity contribution >= 4 is 63.7 Å². The van der Waals surface area contributed by atoms with E-state index in [1.807, 2.05) is 0 Å². The number of hydrogen-bond donors (Lipinski definition) is 2. The van der Waals surface area contributed by atoms with E-state index in [0.717, 1.165) is 35.1 Å². The summed E-state index contributed by atoms with van der Waals surface area (Å²) in [6, 6.07) is -1.27. The minimum Gasteiger partial charge on any atom is -0.857 e. The molecule has 19 heteroatoms. The minimum atomic E-state index is -1.59. The van der Waals surface area contributed by atoms with Gasteiger partial charge in [0.15, 0.2) is 30.1 Å². The van der Waals surface area contributed by atoms with Crippen LogP contribution in [0.25, 0.3) is 0 Å². The summed E-state index contributed by atoms with van der Waals surface area (Å²) in [7, 11) is 1.13. The van der Waals surface area contributed by atoms with E-state index < -0.39 is 65.8 Å². The number of nitrogens with two attached hydrogens (primary N) is 1. The number of oxime groups is 1. The number of carboxylic acid groups (broad SMARTS) is 2. The van der Waals surface area contributed by atoms with Gasteiger partial charge in [0, 0.05) is 11.3 Å². The van der Waals surface area contributed by atoms with Crippen LogP contribution in [-0.2, 0) is 33.5 Å². The molecule has 1 fully saturated rings. The molecular weight excluding hydrogens is 544 g/mol. The number of β-lactam (4-membered cyclic amide) rings is 1. The molecule has 2 atom stereocenters. The Kier molecular flexibility index (Phi) is 12.7. The molecule has 1 aromatic rings. The Labute approximate surface area is 255 Å². The number of thiazole rings is 1. The second-order valence-electron chi connectivity index (χ2n) is 6.39. The molecule has 3 N–H and O–H groups in total. The van der Waals surface area contributed by atoms with E-state index in [2.05, 4.69) is 24.7 Å². The van der Waals surface area contributed by atoms with E-state index in [1.54, 1.807) is 0 Å². The monoisotopic (exact) mass is 559 g/mol. The van der Waals surface area contributed by atoms with Crippen LogP contribution in [0.1, 0.15) is 5.69 Å². The number of esters is 1. The third-order valence-corrected chi connectivity index (χ3v) is 6.17. The van der Waals surface area contributed by atoms with Crippen LogP contribution in [0.2, 0.25) is 0 Å². The minimum absolute atomic E-state index is 0. The van der Waals surface area contributed by atoms with Gasteiger partial charge < -0.3 is 40.2 Å². The van der Waals surface area contributed by atoms with E-state index in [4.69, 9.17) is 10.5 Å². The van der Waals surface area contributed by atoms with E-state index in [-0.39, 0.29) is 81.5 Å². The van der Waals surface area contributed by atoms with Gasteiger partial charge in [-0.15, -0.1) is 23.1 Å². The molecule has 0 aliphatic carbocycles. The third-order valence-electron chi connectivity index (χ3n) is 4.26. The zero-order valence-corrected chi connectivity index (χ0v) is 24.8. The number of nitrogens with zero attached hydrogens (tertiary/aromatic N) is 4. The van der Waals surface area contributed by atoms with Gasteiger partial charge in [0.05, 0.1) is 18.8 Å². The molecule has 1 saturated heterocycles. The largest absolute Gasteiger partial charge is 1.00 e. The number of aliphatic imine (C=N–C) groups is 1. The number of amides is 1. The summed E-state index contributed by atoms with van der Waals surface area (Å²) in [6.07, 6.45) is 0. The van der Waals surface area contributed by atoms with Crippen molar-refractivity contribution in [3.8, 4) is 0 Å². The van der Waals surface area contributed by atoms with Crippen LogP contribution in [0.3, 0.4) is 0 Å². The van der Waals surface area contributed by atoms with E-state index in [1.165, 1.54) is 5.38 Å². The molecule has 1 amide bonds. The maximum Gasteiger partial charge on any atom is 1.00 e. The maximum atomic E-state index is 12.7. The molecule has 0 bridgehead atoms. The summed E-state index contributed by atoms with van der Waals surface area (Å²) in [5, 5.41) is 36.9. The number of hydrogen-bond acceptors (Lipinski definition) is 15. The van der Waals surface area contributed by atoms with Crippen molar-refractivity contribution in [2.45, 2.75) is 11.4 Å². The van der Waals surface area contributed by atoms with E-state index >= 15 is 0 Å². The normalized spacial score (nSPS) is 19.2. The van der Waals surface area contributed by atoms with Gasteiger partial charge in [-0.3, -0.25) is 14.7 Å². The summed E-state index contributed by atoms with van der Waals surface area (Å²) in [5.74, 6) is -5.82. The van der Waals surface area contributed by atoms with Gasteiger partial charge in [0.1, 0.15) is 22.5 Å². The quantitative estimate of drug-likeness (QED) is 0.0678. The molecule has 1 aromatic heterocycles. The van der Waals surface area contributed by atoms with Crippen molar-refractivity contribution in [1.29, 1.82) is 0 Å². The molecule has 3 heterocycles. The van der Waals surface area contributed by atoms with Crippen molar-refractivity contribution in [2.24, 2.45) is 10.1 Å². The van der Waals surface area contributed by atoms with Gasteiger partial charge in [-0.05, 0) is 0 Å². The maximum absolute atomic E-state index is 12.7. The van der Waals surface area contributed by atoms with Crippen LogP contribution in [0.4, 0.5) is 5.13 Å². The smallest absolute Gasteiger partial charge is 0.857 e. The number of ether oxygens (including phenoxy) is 2. The molecule has 0 radical (unpaired) electrons. The number of carboxylic acids is 2. The molecule has 15 nitrogen and oxygen atoms in total. The second-order valence-corrected chi connectivity index (χ2v) is 8.38. The molecule has 3 rings (SSSR count). The van der Waals surface area contributed by atoms with Gasteiger partial charge in [-0.1, -0.05) is 5.16 Å². The van der Waals surface area contributed by atoms with Gasteiger partial charge >= 0.3 is 71.1 Å². The number of thioether (sulfide) groups is 1. The molecule has 36 heavy (non-hydrogen) atoms. The van der Waals surface area contributed by atoms with Crippen molar-refractivity contribution in [3.63, 3.8) is 0 Å². The Morgan fingerprint density at radius 2 is 2.00 bits per heavy atom. The first-order chi connectivity index (χ1) is 16.1. The van der Waals surface area contributed by atoms with Crippen LogP contribution in [-0.4, -0.2) is 87.9 Å². The summed E-state index contributed by atoms with van der Waals surface area (Å²) in [4.78, 5) is 59.4. The fourth-order valence-electron chi connectivity index (χ4n) is 2.80. The zero-order chi connectivity index (χ0) is 25.0. The van der Waals surface area contributed by atoms with Crippen LogP contribution >= 0.6 is 23.1 Å². The van der Waals surface area contributed by atoms with Crippen molar-refractivity contribution in [1.82, 2.24) is 9.88 Å². The number of nitrogen functional groups attached to an aromatic ring is 1. The Morgan fingerprint density at radius 1 is 1.31 bits per heavy atom. The van der Waals surface area contributed by atoms with E-state index in [0.29, 0.717) is 0 Å². The first-order valence-corrected chi connectivity index (χ1v) is 11.0. The second kappa shape index (κ2) is 14.2. The van der Waals surface area contributed by atoms with Crippen LogP contribution in [0.15, 0.2) is 27.0 Å². The molecule has 0 saturated carbocycles. The Hall–Kier alpha value is -1.86.